The first kappa shape index (κ1) is 18.0. The molecule has 2 rings (SSSR count). The van der Waals surface area contributed by atoms with Crippen LogP contribution in [0.15, 0.2) is 11.6 Å². The molecule has 2 N–H and O–H groups in total. The van der Waals surface area contributed by atoms with E-state index in [2.05, 4.69) is 34.6 Å². The van der Waals surface area contributed by atoms with Crippen LogP contribution in [0.2, 0.25) is 0 Å². The van der Waals surface area contributed by atoms with E-state index in [0.29, 0.717) is 17.3 Å². The number of hydrogen-bond donors (Lipinski definition) is 2. The summed E-state index contributed by atoms with van der Waals surface area (Å²) in [6, 6.07) is 0. The number of fused-ring (bicyclic) bond motifs is 1. The Kier molecular flexibility index (Phi) is 5.14. The van der Waals surface area contributed by atoms with Crippen molar-refractivity contribution in [1.82, 2.24) is 0 Å². The van der Waals surface area contributed by atoms with Crippen LogP contribution < -0.4 is 0 Å². The predicted molar refractivity (Wildman–Crippen MR) is 92.7 cm³/mol. The Morgan fingerprint density at radius 3 is 2.50 bits per heavy atom. The van der Waals surface area contributed by atoms with E-state index in [1.165, 1.54) is 24.8 Å². The first-order valence-corrected chi connectivity index (χ1v) is 9.16. The number of aliphatic hydroxyl groups is 2. The van der Waals surface area contributed by atoms with Gasteiger partial charge in [-0.05, 0) is 68.1 Å². The van der Waals surface area contributed by atoms with Crippen molar-refractivity contribution < 1.29 is 10.2 Å². The number of allylic oxidation sites excluding steroid dienone is 1. The van der Waals surface area contributed by atoms with Gasteiger partial charge in [-0.2, -0.15) is 0 Å². The van der Waals surface area contributed by atoms with Gasteiger partial charge in [-0.1, -0.05) is 45.8 Å². The Labute approximate surface area is 137 Å². The summed E-state index contributed by atoms with van der Waals surface area (Å²) in [7, 11) is 0. The van der Waals surface area contributed by atoms with Gasteiger partial charge in [-0.25, -0.2) is 0 Å². The van der Waals surface area contributed by atoms with E-state index in [4.69, 9.17) is 5.11 Å². The third-order valence-electron chi connectivity index (χ3n) is 7.26. The molecule has 22 heavy (non-hydrogen) atoms. The highest BCUT2D eigenvalue weighted by atomic mass is 16.3. The first-order valence-electron chi connectivity index (χ1n) is 9.16. The molecule has 4 atom stereocenters. The molecule has 0 aromatic carbocycles. The second-order valence-electron chi connectivity index (χ2n) is 8.95. The molecule has 0 aromatic heterocycles. The fourth-order valence-corrected chi connectivity index (χ4v) is 5.75. The molecule has 0 bridgehead atoms. The maximum atomic E-state index is 11.8. The lowest BCUT2D eigenvalue weighted by molar-refractivity contribution is -0.211. The number of rotatable bonds is 4. The molecule has 2 aliphatic rings. The van der Waals surface area contributed by atoms with E-state index in [9.17, 15) is 5.11 Å². The van der Waals surface area contributed by atoms with Crippen LogP contribution in [0.4, 0.5) is 0 Å². The quantitative estimate of drug-likeness (QED) is 0.739. The smallest absolute Gasteiger partial charge is 0.0732 e. The first-order chi connectivity index (χ1) is 10.2. The second-order valence-corrected chi connectivity index (χ2v) is 8.95. The molecule has 0 spiro atoms. The van der Waals surface area contributed by atoms with Crippen molar-refractivity contribution in [2.24, 2.45) is 22.7 Å². The van der Waals surface area contributed by atoms with Gasteiger partial charge >= 0.3 is 0 Å². The molecule has 0 unspecified atom stereocenters. The SMILES string of the molecule is C/C(=C\CO)CC[C@]1(O)[C@@H](C)CC[C@H]2C(C)(C)CCC[C@@]21C. The molecule has 0 radical (unpaired) electrons. The summed E-state index contributed by atoms with van der Waals surface area (Å²) in [6.45, 7) is 11.6. The van der Waals surface area contributed by atoms with Crippen LogP contribution in [0.5, 0.6) is 0 Å². The van der Waals surface area contributed by atoms with Crippen molar-refractivity contribution in [2.45, 2.75) is 85.2 Å². The normalized spacial score (nSPS) is 42.0. The second kappa shape index (κ2) is 6.28. The van der Waals surface area contributed by atoms with Gasteiger partial charge in [0.05, 0.1) is 12.2 Å². The average Bonchev–Trinajstić information content (AvgIpc) is 2.42. The zero-order valence-corrected chi connectivity index (χ0v) is 15.3. The van der Waals surface area contributed by atoms with E-state index in [-0.39, 0.29) is 12.0 Å². The van der Waals surface area contributed by atoms with Crippen molar-refractivity contribution in [3.63, 3.8) is 0 Å². The average molecular weight is 309 g/mol. The fourth-order valence-electron chi connectivity index (χ4n) is 5.75. The van der Waals surface area contributed by atoms with Gasteiger partial charge in [0.1, 0.15) is 0 Å². The highest BCUT2D eigenvalue weighted by Gasteiger charge is 2.60. The van der Waals surface area contributed by atoms with Gasteiger partial charge in [0, 0.05) is 0 Å². The Morgan fingerprint density at radius 2 is 1.86 bits per heavy atom. The Bertz CT molecular complexity index is 425. The maximum absolute atomic E-state index is 11.8. The zero-order chi connectivity index (χ0) is 16.6. The summed E-state index contributed by atoms with van der Waals surface area (Å²) in [4.78, 5) is 0. The Balaban J connectivity index is 2.28. The standard InChI is InChI=1S/C20H36O2/c1-15(10-14-21)9-13-20(22)16(2)7-8-17-18(3,4)11-6-12-19(17,20)5/h10,16-17,21-22H,6-9,11-14H2,1-5H3/b15-10+/t16-,17-,19-,20-/m0/s1. The van der Waals surface area contributed by atoms with Crippen molar-refractivity contribution >= 4 is 0 Å². The number of aliphatic hydroxyl groups excluding tert-OH is 1. The van der Waals surface area contributed by atoms with E-state index in [1.807, 2.05) is 6.08 Å². The highest BCUT2D eigenvalue weighted by molar-refractivity contribution is 5.12. The lowest BCUT2D eigenvalue weighted by Gasteiger charge is -2.63. The molecule has 0 heterocycles. The fraction of sp³-hybridized carbons (Fsp3) is 0.900. The van der Waals surface area contributed by atoms with Gasteiger partial charge < -0.3 is 10.2 Å². The van der Waals surface area contributed by atoms with Gasteiger partial charge in [0.15, 0.2) is 0 Å². The van der Waals surface area contributed by atoms with E-state index in [0.717, 1.165) is 25.7 Å². The molecule has 0 aromatic rings. The maximum Gasteiger partial charge on any atom is 0.0732 e. The minimum absolute atomic E-state index is 0.0336. The molecule has 0 aliphatic heterocycles. The van der Waals surface area contributed by atoms with Crippen LogP contribution in [0.25, 0.3) is 0 Å². The van der Waals surface area contributed by atoms with E-state index in [1.54, 1.807) is 0 Å². The van der Waals surface area contributed by atoms with Crippen molar-refractivity contribution in [3.8, 4) is 0 Å². The lowest BCUT2D eigenvalue weighted by Crippen LogP contribution is -2.62. The largest absolute Gasteiger partial charge is 0.392 e. The summed E-state index contributed by atoms with van der Waals surface area (Å²) < 4.78 is 0. The molecule has 2 heteroatoms. The number of hydrogen-bond acceptors (Lipinski definition) is 2. The van der Waals surface area contributed by atoms with Crippen molar-refractivity contribution in [3.05, 3.63) is 11.6 Å². The van der Waals surface area contributed by atoms with Crippen LogP contribution >= 0.6 is 0 Å². The molecule has 0 saturated heterocycles. The molecular formula is C20H36O2. The monoisotopic (exact) mass is 308 g/mol. The molecule has 128 valence electrons. The predicted octanol–water partition coefficient (Wildman–Crippen LogP) is 4.70. The zero-order valence-electron chi connectivity index (χ0n) is 15.3. The third-order valence-corrected chi connectivity index (χ3v) is 7.26. The topological polar surface area (TPSA) is 40.5 Å². The summed E-state index contributed by atoms with van der Waals surface area (Å²) >= 11 is 0. The highest BCUT2D eigenvalue weighted by Crippen LogP contribution is 2.63. The molecule has 2 fully saturated rings. The van der Waals surface area contributed by atoms with Gasteiger partial charge in [-0.3, -0.25) is 0 Å². The molecule has 0 amide bonds. The minimum atomic E-state index is -0.571. The third kappa shape index (κ3) is 2.89. The van der Waals surface area contributed by atoms with Gasteiger partial charge in [0.25, 0.3) is 0 Å². The van der Waals surface area contributed by atoms with Gasteiger partial charge in [-0.15, -0.1) is 0 Å². The van der Waals surface area contributed by atoms with Crippen molar-refractivity contribution in [2.75, 3.05) is 6.61 Å². The summed E-state index contributed by atoms with van der Waals surface area (Å²) in [6.07, 6.45) is 9.69. The van der Waals surface area contributed by atoms with Crippen LogP contribution in [-0.2, 0) is 0 Å². The lowest BCUT2D eigenvalue weighted by atomic mass is 9.44. The summed E-state index contributed by atoms with van der Waals surface area (Å²) in [5, 5.41) is 20.8. The summed E-state index contributed by atoms with van der Waals surface area (Å²) in [5.41, 5.74) is 1.00. The molecular weight excluding hydrogens is 272 g/mol. The van der Waals surface area contributed by atoms with E-state index < -0.39 is 5.60 Å². The van der Waals surface area contributed by atoms with Crippen molar-refractivity contribution in [1.29, 1.82) is 0 Å². The van der Waals surface area contributed by atoms with Crippen LogP contribution in [0.3, 0.4) is 0 Å². The summed E-state index contributed by atoms with van der Waals surface area (Å²) in [5.74, 6) is 0.988. The Hall–Kier alpha value is -0.340. The van der Waals surface area contributed by atoms with Gasteiger partial charge in [0.2, 0.25) is 0 Å². The molecule has 2 aliphatic carbocycles. The van der Waals surface area contributed by atoms with Crippen LogP contribution in [0.1, 0.15) is 79.6 Å². The van der Waals surface area contributed by atoms with E-state index >= 15 is 0 Å². The van der Waals surface area contributed by atoms with Crippen LogP contribution in [-0.4, -0.2) is 22.4 Å². The minimum Gasteiger partial charge on any atom is -0.392 e. The Morgan fingerprint density at radius 1 is 1.18 bits per heavy atom. The van der Waals surface area contributed by atoms with Crippen LogP contribution in [0, 0.1) is 22.7 Å². The molecule has 2 saturated carbocycles. The molecule has 2 nitrogen and oxygen atoms in total.